The van der Waals surface area contributed by atoms with Crippen LogP contribution in [-0.2, 0) is 10.8 Å². The van der Waals surface area contributed by atoms with Gasteiger partial charge in [0.1, 0.15) is 23.0 Å². The first-order valence-corrected chi connectivity index (χ1v) is 25.3. The smallest absolute Gasteiger partial charge is 0.127 e. The van der Waals surface area contributed by atoms with Crippen LogP contribution in [-0.4, -0.2) is 28.4 Å². The zero-order valence-corrected chi connectivity index (χ0v) is 38.9. The molecule has 0 aliphatic heterocycles. The predicted octanol–water partition coefficient (Wildman–Crippen LogP) is 15.1. The van der Waals surface area contributed by atoms with Gasteiger partial charge in [0.05, 0.1) is 24.6 Å². The monoisotopic (exact) mass is 856 g/mol. The molecule has 8 aliphatic rings. The van der Waals surface area contributed by atoms with Gasteiger partial charge in [-0.25, -0.2) is 4.98 Å². The van der Waals surface area contributed by atoms with Crippen molar-refractivity contribution < 1.29 is 19.7 Å². The lowest BCUT2D eigenvalue weighted by Crippen LogP contribution is -2.48. The molecule has 0 radical (unpaired) electrons. The van der Waals surface area contributed by atoms with E-state index in [1.54, 1.807) is 0 Å². The lowest BCUT2D eigenvalue weighted by atomic mass is 9.48. The van der Waals surface area contributed by atoms with Crippen LogP contribution < -0.4 is 9.47 Å². The van der Waals surface area contributed by atoms with E-state index in [2.05, 4.69) is 107 Å². The number of hydrogen-bond acceptors (Lipinski definition) is 5. The SMILES string of the molecule is CCCCOc1ccc(-c2cccc(-c3ccc(OCCCC)cc3-c3cc(C)cc(C45CC6CC(CC(C6)C4)C5)c3O)n2)c(-c2cc(C)cc(C34CC5CC(CC(C5)C3)C4)c2O)c1. The molecule has 0 atom stereocenters. The Hall–Kier alpha value is -4.77. The van der Waals surface area contributed by atoms with Gasteiger partial charge in [-0.2, -0.15) is 0 Å². The fraction of sp³-hybridized carbons (Fsp3) is 0.508. The van der Waals surface area contributed by atoms with Gasteiger partial charge in [-0.15, -0.1) is 0 Å². The van der Waals surface area contributed by atoms with Crippen molar-refractivity contribution in [1.29, 1.82) is 0 Å². The van der Waals surface area contributed by atoms with Crippen molar-refractivity contribution >= 4 is 0 Å². The summed E-state index contributed by atoms with van der Waals surface area (Å²) in [5.74, 6) is 7.15. The van der Waals surface area contributed by atoms with Gasteiger partial charge in [0.25, 0.3) is 0 Å². The lowest BCUT2D eigenvalue weighted by molar-refractivity contribution is -0.00627. The second-order valence-corrected chi connectivity index (χ2v) is 22.0. The Morgan fingerprint density at radius 3 is 1.22 bits per heavy atom. The molecule has 13 rings (SSSR count). The Morgan fingerprint density at radius 2 is 0.859 bits per heavy atom. The van der Waals surface area contributed by atoms with Crippen LogP contribution >= 0.6 is 0 Å². The van der Waals surface area contributed by atoms with Crippen LogP contribution in [0.15, 0.2) is 78.9 Å². The number of nitrogens with zero attached hydrogens (tertiary/aromatic N) is 1. The van der Waals surface area contributed by atoms with Crippen LogP contribution in [0.1, 0.15) is 139 Å². The van der Waals surface area contributed by atoms with Gasteiger partial charge in [-0.05, 0) is 233 Å². The van der Waals surface area contributed by atoms with Gasteiger partial charge in [-0.3, -0.25) is 0 Å². The molecule has 8 fully saturated rings. The highest BCUT2D eigenvalue weighted by molar-refractivity contribution is 5.90. The Kier molecular flexibility index (Phi) is 10.9. The third kappa shape index (κ3) is 7.51. The number of benzene rings is 4. The number of aryl methyl sites for hydroxylation is 2. The van der Waals surface area contributed by atoms with Crippen molar-refractivity contribution in [3.05, 3.63) is 101 Å². The predicted molar refractivity (Wildman–Crippen MR) is 259 cm³/mol. The van der Waals surface area contributed by atoms with Gasteiger partial charge >= 0.3 is 0 Å². The van der Waals surface area contributed by atoms with E-state index in [1.165, 1.54) is 88.2 Å². The van der Waals surface area contributed by atoms with Gasteiger partial charge in [0.2, 0.25) is 0 Å². The first kappa shape index (κ1) is 41.9. The minimum atomic E-state index is 0.0485. The largest absolute Gasteiger partial charge is 0.507 e. The molecule has 8 aliphatic carbocycles. The van der Waals surface area contributed by atoms with E-state index in [0.717, 1.165) is 129 Å². The summed E-state index contributed by atoms with van der Waals surface area (Å²) in [5.41, 5.74) is 12.0. The normalized spacial score (nSPS) is 28.5. The maximum Gasteiger partial charge on any atom is 0.127 e. The van der Waals surface area contributed by atoms with E-state index in [0.29, 0.717) is 24.7 Å². The molecule has 5 aromatic rings. The summed E-state index contributed by atoms with van der Waals surface area (Å²) in [6, 6.07) is 28.0. The molecule has 64 heavy (non-hydrogen) atoms. The summed E-state index contributed by atoms with van der Waals surface area (Å²) >= 11 is 0. The number of phenols is 2. The van der Waals surface area contributed by atoms with Crippen molar-refractivity contribution in [1.82, 2.24) is 4.98 Å². The van der Waals surface area contributed by atoms with Crippen molar-refractivity contribution in [3.63, 3.8) is 0 Å². The molecule has 0 amide bonds. The Bertz CT molecular complexity index is 2330. The summed E-state index contributed by atoms with van der Waals surface area (Å²) in [7, 11) is 0. The average molecular weight is 856 g/mol. The summed E-state index contributed by atoms with van der Waals surface area (Å²) in [5, 5.41) is 25.3. The topological polar surface area (TPSA) is 71.8 Å². The molecule has 0 saturated heterocycles. The van der Waals surface area contributed by atoms with Crippen LogP contribution in [0, 0.1) is 49.4 Å². The molecule has 0 unspecified atom stereocenters. The zero-order valence-electron chi connectivity index (χ0n) is 38.9. The van der Waals surface area contributed by atoms with Crippen molar-refractivity contribution in [2.75, 3.05) is 13.2 Å². The highest BCUT2D eigenvalue weighted by Gasteiger charge is 2.54. The number of aromatic hydroxyl groups is 2. The first-order chi connectivity index (χ1) is 31.1. The van der Waals surface area contributed by atoms with Crippen molar-refractivity contribution in [2.24, 2.45) is 35.5 Å². The number of ether oxygens (including phenoxy) is 2. The van der Waals surface area contributed by atoms with E-state index in [-0.39, 0.29) is 10.8 Å². The van der Waals surface area contributed by atoms with Gasteiger partial charge < -0.3 is 19.7 Å². The minimum absolute atomic E-state index is 0.0485. The number of rotatable bonds is 14. The van der Waals surface area contributed by atoms with Gasteiger partial charge in [0, 0.05) is 33.4 Å². The van der Waals surface area contributed by atoms with Crippen molar-refractivity contribution in [3.8, 4) is 67.8 Å². The fourth-order valence-electron chi connectivity index (χ4n) is 15.2. The summed E-state index contributed by atoms with van der Waals surface area (Å²) in [6.07, 6.45) is 19.4. The maximum atomic E-state index is 12.6. The summed E-state index contributed by atoms with van der Waals surface area (Å²) in [6.45, 7) is 10.1. The molecular weight excluding hydrogens is 787 g/mol. The summed E-state index contributed by atoms with van der Waals surface area (Å²) in [4.78, 5) is 5.51. The Morgan fingerprint density at radius 1 is 0.484 bits per heavy atom. The van der Waals surface area contributed by atoms with Crippen LogP contribution in [0.25, 0.3) is 44.8 Å². The minimum Gasteiger partial charge on any atom is -0.507 e. The van der Waals surface area contributed by atoms with Gasteiger partial charge in [-0.1, -0.05) is 44.9 Å². The molecule has 1 heterocycles. The van der Waals surface area contributed by atoms with E-state index in [1.807, 2.05) is 0 Å². The second kappa shape index (κ2) is 16.6. The van der Waals surface area contributed by atoms with Crippen LogP contribution in [0.4, 0.5) is 0 Å². The number of hydrogen-bond donors (Lipinski definition) is 2. The fourth-order valence-corrected chi connectivity index (χ4v) is 15.2. The average Bonchev–Trinajstić information content (AvgIpc) is 3.27. The Balaban J connectivity index is 1.03. The molecule has 4 aromatic carbocycles. The lowest BCUT2D eigenvalue weighted by Gasteiger charge is -2.57. The third-order valence-electron chi connectivity index (χ3n) is 17.1. The number of aromatic nitrogens is 1. The molecule has 2 N–H and O–H groups in total. The molecular formula is C59H69NO4. The van der Waals surface area contributed by atoms with E-state index < -0.39 is 0 Å². The maximum absolute atomic E-state index is 12.6. The van der Waals surface area contributed by atoms with Crippen molar-refractivity contribution in [2.45, 2.75) is 141 Å². The molecule has 5 heteroatoms. The quantitative estimate of drug-likeness (QED) is 0.109. The van der Waals surface area contributed by atoms with E-state index in [9.17, 15) is 10.2 Å². The molecule has 8 bridgehead atoms. The van der Waals surface area contributed by atoms with E-state index >= 15 is 0 Å². The number of phenolic OH excluding ortho intramolecular Hbond substituents is 2. The van der Waals surface area contributed by atoms with Crippen LogP contribution in [0.5, 0.6) is 23.0 Å². The first-order valence-electron chi connectivity index (χ1n) is 25.3. The second-order valence-electron chi connectivity index (χ2n) is 22.0. The van der Waals surface area contributed by atoms with E-state index in [4.69, 9.17) is 14.5 Å². The third-order valence-corrected chi connectivity index (χ3v) is 17.1. The number of pyridine rings is 1. The molecule has 1 aromatic heterocycles. The van der Waals surface area contributed by atoms with Gasteiger partial charge in [0.15, 0.2) is 0 Å². The molecule has 334 valence electrons. The highest BCUT2D eigenvalue weighted by atomic mass is 16.5. The number of unbranched alkanes of at least 4 members (excludes halogenated alkanes) is 2. The molecule has 5 nitrogen and oxygen atoms in total. The highest BCUT2D eigenvalue weighted by Crippen LogP contribution is 2.64. The van der Waals surface area contributed by atoms with Crippen LogP contribution in [0.3, 0.4) is 0 Å². The standard InChI is InChI=1S/C59H69NO4/c1-5-7-16-63-44-12-14-46(48(28-44)50-18-36(3)20-52(56(50)61)58-30-38-22-39(31-58)24-40(23-38)32-58)54-10-9-11-55(60-54)47-15-13-45(64-17-8-6-2)29-49(47)51-19-37(4)21-53(57(51)62)59-33-41-25-42(34-59)27-43(26-41)35-59/h9-15,18-21,28-29,38-43,61-62H,5-8,16-17,22-27,30-35H2,1-4H3. The van der Waals surface area contributed by atoms with Crippen LogP contribution in [0.2, 0.25) is 0 Å². The zero-order chi connectivity index (χ0) is 43.7. The summed E-state index contributed by atoms with van der Waals surface area (Å²) < 4.78 is 12.7. The Labute approximate surface area is 382 Å². The molecule has 0 spiro atoms. The molecule has 8 saturated carbocycles.